The van der Waals surface area contributed by atoms with Crippen molar-refractivity contribution in [2.24, 2.45) is 4.99 Å². The fourth-order valence-corrected chi connectivity index (χ4v) is 4.06. The van der Waals surface area contributed by atoms with E-state index in [2.05, 4.69) is 29.1 Å². The van der Waals surface area contributed by atoms with Crippen LogP contribution >= 0.6 is 35.7 Å². The van der Waals surface area contributed by atoms with Crippen molar-refractivity contribution in [3.63, 3.8) is 0 Å². The average molecular weight is 495 g/mol. The van der Waals surface area contributed by atoms with Crippen molar-refractivity contribution < 1.29 is 14.2 Å². The van der Waals surface area contributed by atoms with Gasteiger partial charge in [0.05, 0.1) is 33.4 Å². The van der Waals surface area contributed by atoms with Gasteiger partial charge in [0, 0.05) is 42.8 Å². The van der Waals surface area contributed by atoms with Crippen LogP contribution in [0.3, 0.4) is 0 Å². The minimum atomic E-state index is 0. The number of guanidine groups is 1. The molecule has 148 valence electrons. The van der Waals surface area contributed by atoms with Crippen molar-refractivity contribution in [3.05, 3.63) is 17.7 Å². The van der Waals surface area contributed by atoms with E-state index in [1.165, 1.54) is 0 Å². The topological polar surface area (TPSA) is 55.3 Å². The maximum atomic E-state index is 5.52. The molecule has 0 aliphatic carbocycles. The summed E-state index contributed by atoms with van der Waals surface area (Å²) in [7, 11) is 6.75. The fraction of sp³-hybridized carbons (Fsp3) is 0.611. The van der Waals surface area contributed by atoms with Crippen LogP contribution in [0.1, 0.15) is 19.4 Å². The molecular weight excluding hydrogens is 465 g/mol. The van der Waals surface area contributed by atoms with E-state index in [1.54, 1.807) is 21.3 Å². The monoisotopic (exact) mass is 495 g/mol. The first kappa shape index (κ1) is 23.0. The second-order valence-corrected chi connectivity index (χ2v) is 8.24. The zero-order chi connectivity index (χ0) is 18.4. The van der Waals surface area contributed by atoms with Gasteiger partial charge in [-0.2, -0.15) is 11.8 Å². The number of hydrogen-bond donors (Lipinski definition) is 1. The minimum absolute atomic E-state index is 0. The van der Waals surface area contributed by atoms with Gasteiger partial charge in [0.2, 0.25) is 0 Å². The summed E-state index contributed by atoms with van der Waals surface area (Å²) in [4.78, 5) is 6.76. The average Bonchev–Trinajstić information content (AvgIpc) is 2.60. The third kappa shape index (κ3) is 5.73. The minimum Gasteiger partial charge on any atom is -0.496 e. The highest BCUT2D eigenvalue weighted by molar-refractivity contribution is 14.0. The zero-order valence-electron chi connectivity index (χ0n) is 16.4. The van der Waals surface area contributed by atoms with Crippen molar-refractivity contribution in [3.8, 4) is 17.2 Å². The number of aliphatic imine (C=N–C) groups is 1. The predicted molar refractivity (Wildman–Crippen MR) is 120 cm³/mol. The molecule has 1 heterocycles. The molecule has 0 unspecified atom stereocenters. The summed E-state index contributed by atoms with van der Waals surface area (Å²) in [6.45, 7) is 7.06. The summed E-state index contributed by atoms with van der Waals surface area (Å²) < 4.78 is 16.6. The SMILES string of the molecule is CN=C(NCc1c(OC)cc(OC)cc1OC)N1CCSC(C)(C)C1.I. The van der Waals surface area contributed by atoms with Crippen molar-refractivity contribution >= 4 is 41.7 Å². The lowest BCUT2D eigenvalue weighted by molar-refractivity contribution is 0.362. The van der Waals surface area contributed by atoms with E-state index < -0.39 is 0 Å². The Morgan fingerprint density at radius 1 is 1.19 bits per heavy atom. The Bertz CT molecular complexity index is 601. The van der Waals surface area contributed by atoms with Crippen LogP contribution in [-0.4, -0.2) is 62.8 Å². The number of rotatable bonds is 5. The van der Waals surface area contributed by atoms with E-state index in [0.717, 1.165) is 41.9 Å². The molecule has 2 rings (SSSR count). The van der Waals surface area contributed by atoms with E-state index in [0.29, 0.717) is 12.3 Å². The molecule has 1 saturated heterocycles. The number of thioether (sulfide) groups is 1. The number of halogens is 1. The third-order valence-electron chi connectivity index (χ3n) is 4.18. The molecule has 1 fully saturated rings. The van der Waals surface area contributed by atoms with Crippen LogP contribution in [0.4, 0.5) is 0 Å². The number of ether oxygens (including phenoxy) is 3. The maximum absolute atomic E-state index is 5.52. The zero-order valence-corrected chi connectivity index (χ0v) is 19.6. The number of nitrogens with one attached hydrogen (secondary N) is 1. The Hall–Kier alpha value is -1.03. The predicted octanol–water partition coefficient (Wildman–Crippen LogP) is 3.23. The summed E-state index contributed by atoms with van der Waals surface area (Å²) in [6, 6.07) is 3.73. The van der Waals surface area contributed by atoms with Crippen molar-refractivity contribution in [1.29, 1.82) is 0 Å². The summed E-state index contributed by atoms with van der Waals surface area (Å²) in [5, 5.41) is 3.45. The second kappa shape index (κ2) is 10.3. The van der Waals surface area contributed by atoms with Crippen LogP contribution in [0, 0.1) is 0 Å². The fourth-order valence-electron chi connectivity index (χ4n) is 2.95. The lowest BCUT2D eigenvalue weighted by Crippen LogP contribution is -2.50. The van der Waals surface area contributed by atoms with E-state index >= 15 is 0 Å². The summed E-state index contributed by atoms with van der Waals surface area (Å²) >= 11 is 2.00. The Morgan fingerprint density at radius 2 is 1.81 bits per heavy atom. The molecule has 1 aliphatic rings. The molecule has 0 radical (unpaired) electrons. The Labute approximate surface area is 178 Å². The first-order chi connectivity index (χ1) is 11.9. The van der Waals surface area contributed by atoms with E-state index in [9.17, 15) is 0 Å². The van der Waals surface area contributed by atoms with Crippen molar-refractivity contribution in [1.82, 2.24) is 10.2 Å². The van der Waals surface area contributed by atoms with Crippen LogP contribution < -0.4 is 19.5 Å². The van der Waals surface area contributed by atoms with Gasteiger partial charge in [-0.3, -0.25) is 4.99 Å². The van der Waals surface area contributed by atoms with E-state index in [1.807, 2.05) is 30.9 Å². The van der Waals surface area contributed by atoms with Gasteiger partial charge in [-0.05, 0) is 13.8 Å². The van der Waals surface area contributed by atoms with Crippen LogP contribution in [0.25, 0.3) is 0 Å². The van der Waals surface area contributed by atoms with Gasteiger partial charge < -0.3 is 24.4 Å². The Balaban J connectivity index is 0.00000338. The molecule has 0 saturated carbocycles. The van der Waals surface area contributed by atoms with E-state index in [4.69, 9.17) is 14.2 Å². The molecule has 1 N–H and O–H groups in total. The standard InChI is InChI=1S/C18H29N3O3S.HI/c1-18(2)12-21(7-8-25-18)17(19-3)20-11-14-15(23-5)9-13(22-4)10-16(14)24-6;/h9-10H,7-8,11-12H2,1-6H3,(H,19,20);1H. The van der Waals surface area contributed by atoms with Crippen LogP contribution in [0.2, 0.25) is 0 Å². The first-order valence-electron chi connectivity index (χ1n) is 8.32. The largest absolute Gasteiger partial charge is 0.496 e. The molecule has 0 atom stereocenters. The van der Waals surface area contributed by atoms with Gasteiger partial charge >= 0.3 is 0 Å². The highest BCUT2D eigenvalue weighted by Crippen LogP contribution is 2.34. The quantitative estimate of drug-likeness (QED) is 0.385. The highest BCUT2D eigenvalue weighted by atomic mass is 127. The molecule has 0 bridgehead atoms. The molecule has 1 aromatic rings. The summed E-state index contributed by atoms with van der Waals surface area (Å²) in [5.41, 5.74) is 0.942. The summed E-state index contributed by atoms with van der Waals surface area (Å²) in [6.07, 6.45) is 0. The lowest BCUT2D eigenvalue weighted by atomic mass is 10.1. The molecule has 0 spiro atoms. The van der Waals surface area contributed by atoms with Gasteiger partial charge in [-0.15, -0.1) is 24.0 Å². The lowest BCUT2D eigenvalue weighted by Gasteiger charge is -2.39. The van der Waals surface area contributed by atoms with Gasteiger partial charge in [-0.25, -0.2) is 0 Å². The van der Waals surface area contributed by atoms with Gasteiger partial charge in [0.25, 0.3) is 0 Å². The van der Waals surface area contributed by atoms with Crippen molar-refractivity contribution in [2.45, 2.75) is 25.1 Å². The molecule has 6 nitrogen and oxygen atoms in total. The van der Waals surface area contributed by atoms with E-state index in [-0.39, 0.29) is 28.7 Å². The smallest absolute Gasteiger partial charge is 0.193 e. The number of methoxy groups -OCH3 is 3. The maximum Gasteiger partial charge on any atom is 0.193 e. The number of hydrogen-bond acceptors (Lipinski definition) is 5. The van der Waals surface area contributed by atoms with Crippen LogP contribution in [0.5, 0.6) is 17.2 Å². The molecule has 0 amide bonds. The normalized spacial score (nSPS) is 16.5. The number of nitrogens with zero attached hydrogens (tertiary/aromatic N) is 2. The first-order valence-corrected chi connectivity index (χ1v) is 9.31. The Morgan fingerprint density at radius 3 is 2.27 bits per heavy atom. The highest BCUT2D eigenvalue weighted by Gasteiger charge is 2.28. The van der Waals surface area contributed by atoms with Crippen molar-refractivity contribution in [2.75, 3.05) is 47.2 Å². The van der Waals surface area contributed by atoms with Gasteiger partial charge in [0.1, 0.15) is 17.2 Å². The molecule has 0 aromatic heterocycles. The van der Waals surface area contributed by atoms with Crippen LogP contribution in [-0.2, 0) is 6.54 Å². The Kier molecular flexibility index (Phi) is 9.15. The van der Waals surface area contributed by atoms with Crippen LogP contribution in [0.15, 0.2) is 17.1 Å². The molecule has 26 heavy (non-hydrogen) atoms. The molecule has 1 aliphatic heterocycles. The second-order valence-electron chi connectivity index (χ2n) is 6.44. The summed E-state index contributed by atoms with van der Waals surface area (Å²) in [5.74, 6) is 4.16. The molecule has 1 aromatic carbocycles. The number of benzene rings is 1. The molecule has 8 heteroatoms. The third-order valence-corrected chi connectivity index (χ3v) is 5.47. The van der Waals surface area contributed by atoms with Gasteiger partial charge in [-0.1, -0.05) is 0 Å². The van der Waals surface area contributed by atoms with Gasteiger partial charge in [0.15, 0.2) is 5.96 Å². The molecular formula is C18H30IN3O3S.